The number of fused-ring (bicyclic) bond motifs is 1. The van der Waals surface area contributed by atoms with Crippen LogP contribution in [0.25, 0.3) is 0 Å². The van der Waals surface area contributed by atoms with E-state index in [9.17, 15) is 4.79 Å². The van der Waals surface area contributed by atoms with Gasteiger partial charge in [0.25, 0.3) is 5.91 Å². The summed E-state index contributed by atoms with van der Waals surface area (Å²) in [6.45, 7) is 1.96. The Morgan fingerprint density at radius 3 is 2.47 bits per heavy atom. The van der Waals surface area contributed by atoms with Gasteiger partial charge in [-0.05, 0) is 51.9 Å². The van der Waals surface area contributed by atoms with E-state index in [1.54, 1.807) is 12.0 Å². The van der Waals surface area contributed by atoms with E-state index in [0.717, 1.165) is 50.8 Å². The topological polar surface area (TPSA) is 41.9 Å². The lowest BCUT2D eigenvalue weighted by atomic mass is 9.62. The molecule has 0 saturated heterocycles. The van der Waals surface area contributed by atoms with E-state index in [1.165, 1.54) is 0 Å². The Balaban J connectivity index is 1.92. The Kier molecular flexibility index (Phi) is 2.97. The molecule has 2 spiro atoms. The second-order valence-electron chi connectivity index (χ2n) is 6.45. The summed E-state index contributed by atoms with van der Waals surface area (Å²) in [5.74, 6) is 1.12. The van der Waals surface area contributed by atoms with Crippen LogP contribution in [0.3, 0.4) is 0 Å². The minimum atomic E-state index is -0.440. The maximum absolute atomic E-state index is 12.7. The molecular formula is C15H24N2O2. The third kappa shape index (κ3) is 1.62. The van der Waals surface area contributed by atoms with Gasteiger partial charge in [0.2, 0.25) is 0 Å². The third-order valence-electron chi connectivity index (χ3n) is 5.79. The van der Waals surface area contributed by atoms with Gasteiger partial charge >= 0.3 is 0 Å². The number of nitrogens with zero attached hydrogens (tertiary/aromatic N) is 2. The van der Waals surface area contributed by atoms with Crippen LogP contribution in [0.2, 0.25) is 0 Å². The molecule has 19 heavy (non-hydrogen) atoms. The molecule has 0 N–H and O–H groups in total. The zero-order chi connectivity index (χ0) is 13.7. The van der Waals surface area contributed by atoms with Gasteiger partial charge < -0.3 is 9.64 Å². The van der Waals surface area contributed by atoms with Crippen LogP contribution < -0.4 is 0 Å². The van der Waals surface area contributed by atoms with E-state index >= 15 is 0 Å². The van der Waals surface area contributed by atoms with Crippen LogP contribution in [0.15, 0.2) is 4.99 Å². The first-order valence-corrected chi connectivity index (χ1v) is 7.42. The largest absolute Gasteiger partial charge is 0.381 e. The normalized spacial score (nSPS) is 42.5. The second-order valence-corrected chi connectivity index (χ2v) is 6.45. The fourth-order valence-corrected chi connectivity index (χ4v) is 4.53. The number of carbonyl (C=O) groups is 1. The van der Waals surface area contributed by atoms with Gasteiger partial charge in [-0.3, -0.25) is 9.79 Å². The predicted octanol–water partition coefficient (Wildman–Crippen LogP) is 2.37. The Labute approximate surface area is 115 Å². The molecule has 1 amide bonds. The SMILES string of the molecule is COC1CCC2(CCCC23N=C(C)N(C)C3=O)CC1. The fraction of sp³-hybridized carbons (Fsp3) is 0.867. The van der Waals surface area contributed by atoms with Gasteiger partial charge in [0.15, 0.2) is 0 Å². The van der Waals surface area contributed by atoms with Gasteiger partial charge in [-0.25, -0.2) is 0 Å². The molecule has 106 valence electrons. The molecule has 1 atom stereocenters. The maximum Gasteiger partial charge on any atom is 0.256 e. The highest BCUT2D eigenvalue weighted by Gasteiger charge is 2.63. The lowest BCUT2D eigenvalue weighted by Gasteiger charge is -2.44. The van der Waals surface area contributed by atoms with Crippen molar-refractivity contribution in [2.45, 2.75) is 63.5 Å². The number of aliphatic imine (C=N–C) groups is 1. The van der Waals surface area contributed by atoms with Crippen molar-refractivity contribution in [1.29, 1.82) is 0 Å². The van der Waals surface area contributed by atoms with Gasteiger partial charge in [-0.2, -0.15) is 0 Å². The van der Waals surface area contributed by atoms with Crippen molar-refractivity contribution in [3.8, 4) is 0 Å². The molecule has 4 nitrogen and oxygen atoms in total. The first-order chi connectivity index (χ1) is 9.05. The fourth-order valence-electron chi connectivity index (χ4n) is 4.53. The summed E-state index contributed by atoms with van der Waals surface area (Å²) >= 11 is 0. The summed E-state index contributed by atoms with van der Waals surface area (Å²) in [5, 5.41) is 0. The van der Waals surface area contributed by atoms with Crippen molar-refractivity contribution < 1.29 is 9.53 Å². The van der Waals surface area contributed by atoms with E-state index in [1.807, 2.05) is 14.0 Å². The standard InChI is InChI=1S/C15H24N2O2/c1-11-16-15(13(18)17(11)2)8-4-7-14(15)9-5-12(19-3)6-10-14/h12H,4-10H2,1-3H3. The van der Waals surface area contributed by atoms with Crippen LogP contribution in [0.1, 0.15) is 51.9 Å². The molecule has 0 aromatic heterocycles. The molecule has 1 heterocycles. The first kappa shape index (κ1) is 13.1. The molecule has 2 fully saturated rings. The summed E-state index contributed by atoms with van der Waals surface area (Å²) in [6.07, 6.45) is 7.92. The number of ether oxygens (including phenoxy) is 1. The van der Waals surface area contributed by atoms with Crippen LogP contribution in [0.4, 0.5) is 0 Å². The number of carbonyl (C=O) groups excluding carboxylic acids is 1. The molecule has 0 bridgehead atoms. The number of likely N-dealkylation sites (N-methyl/N-ethyl adjacent to an activating group) is 1. The second kappa shape index (κ2) is 4.30. The van der Waals surface area contributed by atoms with Gasteiger partial charge in [0, 0.05) is 19.6 Å². The summed E-state index contributed by atoms with van der Waals surface area (Å²) in [4.78, 5) is 19.4. The van der Waals surface area contributed by atoms with Crippen molar-refractivity contribution in [2.75, 3.05) is 14.2 Å². The molecule has 0 radical (unpaired) electrons. The first-order valence-electron chi connectivity index (χ1n) is 7.42. The highest BCUT2D eigenvalue weighted by atomic mass is 16.5. The highest BCUT2D eigenvalue weighted by molar-refractivity contribution is 6.07. The summed E-state index contributed by atoms with van der Waals surface area (Å²) < 4.78 is 5.48. The van der Waals surface area contributed by atoms with E-state index in [0.29, 0.717) is 6.10 Å². The van der Waals surface area contributed by atoms with E-state index in [-0.39, 0.29) is 11.3 Å². The Bertz CT molecular complexity index is 424. The molecule has 1 aliphatic heterocycles. The van der Waals surface area contributed by atoms with Gasteiger partial charge in [-0.1, -0.05) is 0 Å². The number of rotatable bonds is 1. The minimum absolute atomic E-state index is 0.102. The third-order valence-corrected chi connectivity index (χ3v) is 5.79. The number of amidine groups is 1. The molecular weight excluding hydrogens is 240 g/mol. The number of amides is 1. The predicted molar refractivity (Wildman–Crippen MR) is 74.2 cm³/mol. The maximum atomic E-state index is 12.7. The van der Waals surface area contributed by atoms with Crippen molar-refractivity contribution >= 4 is 11.7 Å². The average Bonchev–Trinajstić information content (AvgIpc) is 2.87. The smallest absolute Gasteiger partial charge is 0.256 e. The monoisotopic (exact) mass is 264 g/mol. The molecule has 3 rings (SSSR count). The van der Waals surface area contributed by atoms with E-state index in [2.05, 4.69) is 0 Å². The van der Waals surface area contributed by atoms with Gasteiger partial charge in [0.1, 0.15) is 11.4 Å². The zero-order valence-electron chi connectivity index (χ0n) is 12.2. The molecule has 2 saturated carbocycles. The Morgan fingerprint density at radius 1 is 1.26 bits per heavy atom. The summed E-state index contributed by atoms with van der Waals surface area (Å²) in [5.41, 5.74) is -0.338. The molecule has 0 aromatic carbocycles. The zero-order valence-corrected chi connectivity index (χ0v) is 12.2. The summed E-state index contributed by atoms with van der Waals surface area (Å²) in [7, 11) is 3.66. The molecule has 2 aliphatic carbocycles. The number of hydrogen-bond donors (Lipinski definition) is 0. The number of hydrogen-bond acceptors (Lipinski definition) is 3. The van der Waals surface area contributed by atoms with Crippen LogP contribution >= 0.6 is 0 Å². The Hall–Kier alpha value is -0.900. The van der Waals surface area contributed by atoms with Crippen molar-refractivity contribution in [2.24, 2.45) is 10.4 Å². The van der Waals surface area contributed by atoms with Crippen molar-refractivity contribution in [3.05, 3.63) is 0 Å². The van der Waals surface area contributed by atoms with Crippen molar-refractivity contribution in [3.63, 3.8) is 0 Å². The van der Waals surface area contributed by atoms with Gasteiger partial charge in [-0.15, -0.1) is 0 Å². The quantitative estimate of drug-likeness (QED) is 0.729. The minimum Gasteiger partial charge on any atom is -0.381 e. The molecule has 4 heteroatoms. The van der Waals surface area contributed by atoms with Crippen LogP contribution in [0, 0.1) is 5.41 Å². The average molecular weight is 264 g/mol. The molecule has 3 aliphatic rings. The van der Waals surface area contributed by atoms with Crippen LogP contribution in [0.5, 0.6) is 0 Å². The molecule has 0 aromatic rings. The van der Waals surface area contributed by atoms with E-state index in [4.69, 9.17) is 9.73 Å². The van der Waals surface area contributed by atoms with E-state index < -0.39 is 5.54 Å². The lowest BCUT2D eigenvalue weighted by Crippen LogP contribution is -2.52. The summed E-state index contributed by atoms with van der Waals surface area (Å²) in [6, 6.07) is 0. The molecule has 1 unspecified atom stereocenters. The van der Waals surface area contributed by atoms with Crippen LogP contribution in [-0.2, 0) is 9.53 Å². The van der Waals surface area contributed by atoms with Crippen LogP contribution in [-0.4, -0.2) is 42.4 Å². The highest BCUT2D eigenvalue weighted by Crippen LogP contribution is 2.59. The van der Waals surface area contributed by atoms with Crippen molar-refractivity contribution in [1.82, 2.24) is 4.90 Å². The van der Waals surface area contributed by atoms with Gasteiger partial charge in [0.05, 0.1) is 6.10 Å². The number of methoxy groups -OCH3 is 1. The Morgan fingerprint density at radius 2 is 1.95 bits per heavy atom. The lowest BCUT2D eigenvalue weighted by molar-refractivity contribution is -0.135.